The fourth-order valence-electron chi connectivity index (χ4n) is 1.65. The lowest BCUT2D eigenvalue weighted by molar-refractivity contribution is 0.417. The van der Waals surface area contributed by atoms with Crippen molar-refractivity contribution in [2.45, 2.75) is 4.90 Å². The molecule has 0 saturated heterocycles. The second-order valence-corrected chi connectivity index (χ2v) is 7.51. The van der Waals surface area contributed by atoms with Gasteiger partial charge in [-0.2, -0.15) is 0 Å². The summed E-state index contributed by atoms with van der Waals surface area (Å²) in [5.41, 5.74) is 0.217. The van der Waals surface area contributed by atoms with E-state index < -0.39 is 20.7 Å². The van der Waals surface area contributed by atoms with Crippen molar-refractivity contribution in [3.63, 3.8) is 0 Å². The lowest BCUT2D eigenvalue weighted by atomic mass is 10.3. The third kappa shape index (κ3) is 3.75. The molecular formula is C13H10Br2FNO3S. The number of halogens is 3. The van der Waals surface area contributed by atoms with Gasteiger partial charge in [0.25, 0.3) is 10.0 Å². The molecule has 112 valence electrons. The van der Waals surface area contributed by atoms with Gasteiger partial charge in [0, 0.05) is 8.95 Å². The Morgan fingerprint density at radius 3 is 2.33 bits per heavy atom. The van der Waals surface area contributed by atoms with Crippen LogP contribution in [0.3, 0.4) is 0 Å². The van der Waals surface area contributed by atoms with Crippen LogP contribution in [0.5, 0.6) is 5.75 Å². The Hall–Kier alpha value is -1.12. The summed E-state index contributed by atoms with van der Waals surface area (Å²) >= 11 is 6.32. The largest absolute Gasteiger partial charge is 0.495 e. The zero-order chi connectivity index (χ0) is 15.6. The SMILES string of the molecule is COc1ccc(Br)cc1NS(=O)(=O)c1ccc(Br)cc1F. The minimum Gasteiger partial charge on any atom is -0.495 e. The number of benzene rings is 2. The molecule has 2 aromatic rings. The Balaban J connectivity index is 2.44. The molecule has 0 spiro atoms. The molecule has 2 rings (SSSR count). The van der Waals surface area contributed by atoms with Gasteiger partial charge >= 0.3 is 0 Å². The molecule has 0 amide bonds. The van der Waals surface area contributed by atoms with Crippen LogP contribution in [0.4, 0.5) is 10.1 Å². The quantitative estimate of drug-likeness (QED) is 0.779. The Kier molecular flexibility index (Phi) is 4.90. The molecule has 0 heterocycles. The van der Waals surface area contributed by atoms with Gasteiger partial charge in [-0.05, 0) is 36.4 Å². The molecule has 0 aliphatic rings. The van der Waals surface area contributed by atoms with E-state index in [1.165, 1.54) is 25.3 Å². The van der Waals surface area contributed by atoms with Gasteiger partial charge in [-0.1, -0.05) is 31.9 Å². The molecular weight excluding hydrogens is 429 g/mol. The summed E-state index contributed by atoms with van der Waals surface area (Å²) in [6.45, 7) is 0. The molecule has 0 aromatic heterocycles. The van der Waals surface area contributed by atoms with E-state index in [1.807, 2.05) is 0 Å². The van der Waals surface area contributed by atoms with E-state index >= 15 is 0 Å². The highest BCUT2D eigenvalue weighted by Crippen LogP contribution is 2.30. The predicted octanol–water partition coefficient (Wildman–Crippen LogP) is 4.16. The molecule has 0 saturated carbocycles. The van der Waals surface area contributed by atoms with E-state index in [0.717, 1.165) is 6.07 Å². The van der Waals surface area contributed by atoms with Gasteiger partial charge in [0.15, 0.2) is 0 Å². The smallest absolute Gasteiger partial charge is 0.264 e. The van der Waals surface area contributed by atoms with Crippen LogP contribution in [-0.4, -0.2) is 15.5 Å². The summed E-state index contributed by atoms with van der Waals surface area (Å²) in [5.74, 6) is -0.509. The Labute approximate surface area is 138 Å². The van der Waals surface area contributed by atoms with Crippen LogP contribution in [0.2, 0.25) is 0 Å². The van der Waals surface area contributed by atoms with Crippen molar-refractivity contribution in [2.24, 2.45) is 0 Å². The molecule has 2 aromatic carbocycles. The Morgan fingerprint density at radius 1 is 1.10 bits per heavy atom. The summed E-state index contributed by atoms with van der Waals surface area (Å²) in [5, 5.41) is 0. The molecule has 0 bridgehead atoms. The van der Waals surface area contributed by atoms with Crippen molar-refractivity contribution in [1.29, 1.82) is 0 Å². The van der Waals surface area contributed by atoms with Crippen molar-refractivity contribution in [2.75, 3.05) is 11.8 Å². The zero-order valence-corrected chi connectivity index (χ0v) is 14.7. The van der Waals surface area contributed by atoms with Crippen molar-refractivity contribution in [3.8, 4) is 5.75 Å². The lowest BCUT2D eigenvalue weighted by Crippen LogP contribution is -2.15. The molecule has 8 heteroatoms. The molecule has 4 nitrogen and oxygen atoms in total. The number of rotatable bonds is 4. The van der Waals surface area contributed by atoms with Gasteiger partial charge in [0.2, 0.25) is 0 Å². The molecule has 1 N–H and O–H groups in total. The molecule has 0 aliphatic heterocycles. The Bertz CT molecular complexity index is 781. The summed E-state index contributed by atoms with van der Waals surface area (Å²) in [7, 11) is -2.64. The van der Waals surface area contributed by atoms with Crippen LogP contribution in [0.15, 0.2) is 50.2 Å². The third-order valence-electron chi connectivity index (χ3n) is 2.59. The first-order valence-electron chi connectivity index (χ1n) is 5.65. The van der Waals surface area contributed by atoms with Crippen molar-refractivity contribution >= 4 is 47.6 Å². The van der Waals surface area contributed by atoms with Gasteiger partial charge in [-0.3, -0.25) is 4.72 Å². The number of hydrogen-bond donors (Lipinski definition) is 1. The number of nitrogens with one attached hydrogen (secondary N) is 1. The fraction of sp³-hybridized carbons (Fsp3) is 0.0769. The highest BCUT2D eigenvalue weighted by atomic mass is 79.9. The van der Waals surface area contributed by atoms with Gasteiger partial charge in [-0.15, -0.1) is 0 Å². The minimum absolute atomic E-state index is 0.217. The topological polar surface area (TPSA) is 55.4 Å². The van der Waals surface area contributed by atoms with E-state index in [0.29, 0.717) is 14.7 Å². The zero-order valence-electron chi connectivity index (χ0n) is 10.7. The first-order chi connectivity index (χ1) is 9.83. The van der Waals surface area contributed by atoms with Crippen LogP contribution >= 0.6 is 31.9 Å². The van der Waals surface area contributed by atoms with Gasteiger partial charge in [0.1, 0.15) is 16.5 Å². The maximum atomic E-state index is 13.8. The normalized spacial score (nSPS) is 11.2. The first kappa shape index (κ1) is 16.3. The van der Waals surface area contributed by atoms with Crippen molar-refractivity contribution in [3.05, 3.63) is 51.2 Å². The lowest BCUT2D eigenvalue weighted by Gasteiger charge is -2.12. The second kappa shape index (κ2) is 6.33. The standard InChI is InChI=1S/C13H10Br2FNO3S/c1-20-12-4-2-9(15)7-11(12)17-21(18,19)13-5-3-8(14)6-10(13)16/h2-7,17H,1H3. The molecule has 21 heavy (non-hydrogen) atoms. The fourth-order valence-corrected chi connectivity index (χ4v) is 3.47. The van der Waals surface area contributed by atoms with Crippen molar-refractivity contribution in [1.82, 2.24) is 0 Å². The summed E-state index contributed by atoms with van der Waals surface area (Å²) < 4.78 is 46.9. The maximum Gasteiger partial charge on any atom is 0.264 e. The van der Waals surface area contributed by atoms with Crippen molar-refractivity contribution < 1.29 is 17.5 Å². The number of methoxy groups -OCH3 is 1. The highest BCUT2D eigenvalue weighted by molar-refractivity contribution is 9.10. The van der Waals surface area contributed by atoms with Gasteiger partial charge in [-0.25, -0.2) is 12.8 Å². The number of anilines is 1. The number of hydrogen-bond acceptors (Lipinski definition) is 3. The summed E-state index contributed by atoms with van der Waals surface area (Å²) in [6, 6.07) is 8.57. The minimum atomic E-state index is -4.06. The number of ether oxygens (including phenoxy) is 1. The predicted molar refractivity (Wildman–Crippen MR) is 85.6 cm³/mol. The van der Waals surface area contributed by atoms with Crippen LogP contribution in [0.1, 0.15) is 0 Å². The van der Waals surface area contributed by atoms with E-state index in [9.17, 15) is 12.8 Å². The van der Waals surface area contributed by atoms with Crippen LogP contribution in [-0.2, 0) is 10.0 Å². The van der Waals surface area contributed by atoms with Crippen LogP contribution in [0.25, 0.3) is 0 Å². The second-order valence-electron chi connectivity index (χ2n) is 4.02. The molecule has 0 radical (unpaired) electrons. The Morgan fingerprint density at radius 2 is 1.71 bits per heavy atom. The van der Waals surface area contributed by atoms with Gasteiger partial charge in [0.05, 0.1) is 12.8 Å². The third-order valence-corrected chi connectivity index (χ3v) is 4.97. The van der Waals surface area contributed by atoms with E-state index in [4.69, 9.17) is 4.74 Å². The van der Waals surface area contributed by atoms with E-state index in [2.05, 4.69) is 36.6 Å². The van der Waals surface area contributed by atoms with Crippen LogP contribution in [0, 0.1) is 5.82 Å². The van der Waals surface area contributed by atoms with E-state index in [1.54, 1.807) is 12.1 Å². The monoisotopic (exact) mass is 437 g/mol. The average molecular weight is 439 g/mol. The molecule has 0 atom stereocenters. The van der Waals surface area contributed by atoms with E-state index in [-0.39, 0.29) is 5.69 Å². The summed E-state index contributed by atoms with van der Waals surface area (Å²) in [6.07, 6.45) is 0. The number of sulfonamides is 1. The summed E-state index contributed by atoms with van der Waals surface area (Å²) in [4.78, 5) is -0.437. The molecule has 0 fully saturated rings. The maximum absolute atomic E-state index is 13.8. The first-order valence-corrected chi connectivity index (χ1v) is 8.72. The highest BCUT2D eigenvalue weighted by Gasteiger charge is 2.21. The average Bonchev–Trinajstić information content (AvgIpc) is 2.37. The molecule has 0 unspecified atom stereocenters. The van der Waals surface area contributed by atoms with Crippen LogP contribution < -0.4 is 9.46 Å². The molecule has 0 aliphatic carbocycles. The van der Waals surface area contributed by atoms with Gasteiger partial charge < -0.3 is 4.74 Å².